The lowest BCUT2D eigenvalue weighted by molar-refractivity contribution is -0.123. The molecule has 3 aromatic rings. The highest BCUT2D eigenvalue weighted by atomic mass is 79.9. The minimum absolute atomic E-state index is 0.141. The van der Waals surface area contributed by atoms with Gasteiger partial charge in [0.05, 0.1) is 24.5 Å². The molecular weight excluding hydrogens is 492 g/mol. The molecule has 0 fully saturated rings. The van der Waals surface area contributed by atoms with Crippen molar-refractivity contribution >= 4 is 37.5 Å². The van der Waals surface area contributed by atoms with Crippen LogP contribution in [0.1, 0.15) is 24.1 Å². The van der Waals surface area contributed by atoms with Crippen molar-refractivity contribution in [3.05, 3.63) is 94.5 Å². The molecule has 8 heteroatoms. The van der Waals surface area contributed by atoms with Gasteiger partial charge in [0.25, 0.3) is 5.91 Å². The third-order valence-corrected chi connectivity index (χ3v) is 6.42. The Hall–Kier alpha value is -2.84. The van der Waals surface area contributed by atoms with Crippen LogP contribution in [-0.2, 0) is 21.4 Å². The molecule has 1 N–H and O–H groups in total. The Bertz CT molecular complexity index is 1150. The van der Waals surface area contributed by atoms with Gasteiger partial charge in [-0.15, -0.1) is 0 Å². The quantitative estimate of drug-likeness (QED) is 0.448. The van der Waals surface area contributed by atoms with Gasteiger partial charge in [0.2, 0.25) is 10.0 Å². The number of ether oxygens (including phenoxy) is 1. The van der Waals surface area contributed by atoms with Crippen molar-refractivity contribution < 1.29 is 17.9 Å². The van der Waals surface area contributed by atoms with Crippen LogP contribution in [0, 0.1) is 0 Å². The molecule has 0 saturated carbocycles. The van der Waals surface area contributed by atoms with E-state index in [1.165, 1.54) is 10.6 Å². The number of benzene rings is 3. The van der Waals surface area contributed by atoms with Crippen molar-refractivity contribution in [1.29, 1.82) is 0 Å². The van der Waals surface area contributed by atoms with E-state index >= 15 is 0 Å². The fraction of sp³-hybridized carbons (Fsp3) is 0.208. The standard InChI is InChI=1S/C24H25BrN2O4S/c1-18(20-9-6-10-21(25)15-20)26-24(28)17-31-23-13-11-22(12-14-23)27(32(2,29)30)16-19-7-4-3-5-8-19/h3-15,18H,16-17H2,1-2H3,(H,26,28)/t18-/m1/s1. The van der Waals surface area contributed by atoms with Crippen LogP contribution in [0.2, 0.25) is 0 Å². The number of hydrogen-bond donors (Lipinski definition) is 1. The van der Waals surface area contributed by atoms with E-state index in [9.17, 15) is 13.2 Å². The van der Waals surface area contributed by atoms with E-state index in [0.29, 0.717) is 11.4 Å². The first-order chi connectivity index (χ1) is 15.2. The molecule has 0 bridgehead atoms. The summed E-state index contributed by atoms with van der Waals surface area (Å²) in [6.07, 6.45) is 1.18. The Kier molecular flexibility index (Phi) is 7.93. The second kappa shape index (κ2) is 10.7. The van der Waals surface area contributed by atoms with Gasteiger partial charge in [-0.2, -0.15) is 0 Å². The lowest BCUT2D eigenvalue weighted by Crippen LogP contribution is -2.31. The van der Waals surface area contributed by atoms with Crippen molar-refractivity contribution in [3.63, 3.8) is 0 Å². The van der Waals surface area contributed by atoms with Crippen LogP contribution in [-0.4, -0.2) is 27.2 Å². The molecular formula is C24H25BrN2O4S. The van der Waals surface area contributed by atoms with Gasteiger partial charge in [0.1, 0.15) is 5.75 Å². The summed E-state index contributed by atoms with van der Waals surface area (Å²) in [6, 6.07) is 23.6. The van der Waals surface area contributed by atoms with E-state index in [4.69, 9.17) is 4.74 Å². The van der Waals surface area contributed by atoms with Gasteiger partial charge in [0.15, 0.2) is 6.61 Å². The highest BCUT2D eigenvalue weighted by Gasteiger charge is 2.18. The zero-order valence-electron chi connectivity index (χ0n) is 17.9. The monoisotopic (exact) mass is 516 g/mol. The summed E-state index contributed by atoms with van der Waals surface area (Å²) in [6.45, 7) is 1.99. The zero-order chi connectivity index (χ0) is 23.1. The predicted molar refractivity (Wildman–Crippen MR) is 130 cm³/mol. The number of halogens is 1. The summed E-state index contributed by atoms with van der Waals surface area (Å²) < 4.78 is 32.5. The molecule has 1 amide bonds. The number of amides is 1. The number of anilines is 1. The summed E-state index contributed by atoms with van der Waals surface area (Å²) in [5, 5.41) is 2.90. The molecule has 0 aliphatic heterocycles. The van der Waals surface area contributed by atoms with Crippen LogP contribution in [0.15, 0.2) is 83.3 Å². The van der Waals surface area contributed by atoms with Crippen molar-refractivity contribution in [2.45, 2.75) is 19.5 Å². The van der Waals surface area contributed by atoms with Crippen LogP contribution in [0.25, 0.3) is 0 Å². The lowest BCUT2D eigenvalue weighted by Gasteiger charge is -2.23. The Balaban J connectivity index is 1.60. The topological polar surface area (TPSA) is 75.7 Å². The molecule has 3 aromatic carbocycles. The first-order valence-electron chi connectivity index (χ1n) is 10.0. The predicted octanol–water partition coefficient (Wildman–Crippen LogP) is 4.67. The average Bonchev–Trinajstić information content (AvgIpc) is 2.76. The number of sulfonamides is 1. The van der Waals surface area contributed by atoms with Crippen LogP contribution in [0.5, 0.6) is 5.75 Å². The fourth-order valence-electron chi connectivity index (χ4n) is 3.15. The second-order valence-corrected chi connectivity index (χ2v) is 10.2. The number of hydrogen-bond acceptors (Lipinski definition) is 4. The summed E-state index contributed by atoms with van der Waals surface area (Å²) in [7, 11) is -3.47. The molecule has 0 heterocycles. The first-order valence-corrected chi connectivity index (χ1v) is 12.7. The van der Waals surface area contributed by atoms with Gasteiger partial charge < -0.3 is 10.1 Å². The molecule has 0 aromatic heterocycles. The fourth-order valence-corrected chi connectivity index (χ4v) is 4.45. The van der Waals surface area contributed by atoms with Gasteiger partial charge in [-0.1, -0.05) is 58.4 Å². The van der Waals surface area contributed by atoms with Crippen molar-refractivity contribution in [1.82, 2.24) is 5.32 Å². The van der Waals surface area contributed by atoms with E-state index in [0.717, 1.165) is 15.6 Å². The molecule has 0 unspecified atom stereocenters. The maximum atomic E-state index is 12.3. The van der Waals surface area contributed by atoms with Gasteiger partial charge in [-0.3, -0.25) is 9.10 Å². The highest BCUT2D eigenvalue weighted by molar-refractivity contribution is 9.10. The average molecular weight is 517 g/mol. The molecule has 0 spiro atoms. The summed E-state index contributed by atoms with van der Waals surface area (Å²) in [5.41, 5.74) is 2.39. The minimum Gasteiger partial charge on any atom is -0.484 e. The first kappa shape index (κ1) is 23.8. The number of rotatable bonds is 9. The van der Waals surface area contributed by atoms with Crippen LogP contribution in [0.4, 0.5) is 5.69 Å². The number of carbonyl (C=O) groups excluding carboxylic acids is 1. The Morgan fingerprint density at radius 1 is 1.03 bits per heavy atom. The summed E-state index contributed by atoms with van der Waals surface area (Å²) in [4.78, 5) is 12.3. The SMILES string of the molecule is C[C@@H](NC(=O)COc1ccc(N(Cc2ccccc2)S(C)(=O)=O)cc1)c1cccc(Br)c1. The van der Waals surface area contributed by atoms with Gasteiger partial charge in [-0.25, -0.2) is 8.42 Å². The molecule has 0 aliphatic carbocycles. The van der Waals surface area contributed by atoms with Crippen LogP contribution in [0.3, 0.4) is 0 Å². The summed E-state index contributed by atoms with van der Waals surface area (Å²) >= 11 is 3.43. The Morgan fingerprint density at radius 2 is 1.72 bits per heavy atom. The Morgan fingerprint density at radius 3 is 2.34 bits per heavy atom. The molecule has 1 atom stereocenters. The van der Waals surface area contributed by atoms with Gasteiger partial charge >= 0.3 is 0 Å². The van der Waals surface area contributed by atoms with Crippen molar-refractivity contribution in [2.24, 2.45) is 0 Å². The van der Waals surface area contributed by atoms with E-state index in [1.54, 1.807) is 24.3 Å². The van der Waals surface area contributed by atoms with Crippen LogP contribution < -0.4 is 14.4 Å². The van der Waals surface area contributed by atoms with E-state index < -0.39 is 10.0 Å². The van der Waals surface area contributed by atoms with Gasteiger partial charge in [-0.05, 0) is 54.4 Å². The van der Waals surface area contributed by atoms with Crippen molar-refractivity contribution in [2.75, 3.05) is 17.2 Å². The highest BCUT2D eigenvalue weighted by Crippen LogP contribution is 2.24. The molecule has 0 radical (unpaired) electrons. The van der Waals surface area contributed by atoms with E-state index in [2.05, 4.69) is 21.2 Å². The van der Waals surface area contributed by atoms with E-state index in [-0.39, 0.29) is 25.1 Å². The minimum atomic E-state index is -3.47. The Labute approximate surface area is 197 Å². The number of carbonyl (C=O) groups is 1. The number of nitrogens with one attached hydrogen (secondary N) is 1. The zero-order valence-corrected chi connectivity index (χ0v) is 20.3. The molecule has 3 rings (SSSR count). The van der Waals surface area contributed by atoms with E-state index in [1.807, 2.05) is 61.5 Å². The smallest absolute Gasteiger partial charge is 0.258 e. The van der Waals surface area contributed by atoms with Crippen molar-refractivity contribution in [3.8, 4) is 5.75 Å². The molecule has 0 aliphatic rings. The maximum absolute atomic E-state index is 12.3. The van der Waals surface area contributed by atoms with Gasteiger partial charge in [0, 0.05) is 4.47 Å². The molecule has 6 nitrogen and oxygen atoms in total. The third kappa shape index (κ3) is 6.83. The maximum Gasteiger partial charge on any atom is 0.258 e. The lowest BCUT2D eigenvalue weighted by atomic mass is 10.1. The second-order valence-electron chi connectivity index (χ2n) is 7.38. The number of nitrogens with zero attached hydrogens (tertiary/aromatic N) is 1. The van der Waals surface area contributed by atoms with Crippen LogP contribution >= 0.6 is 15.9 Å². The largest absolute Gasteiger partial charge is 0.484 e. The summed E-state index contributed by atoms with van der Waals surface area (Å²) in [5.74, 6) is 0.232. The molecule has 0 saturated heterocycles. The molecule has 168 valence electrons. The normalized spacial score (nSPS) is 12.1. The third-order valence-electron chi connectivity index (χ3n) is 4.79. The molecule has 32 heavy (non-hydrogen) atoms.